The van der Waals surface area contributed by atoms with Crippen LogP contribution in [0.25, 0.3) is 0 Å². The Morgan fingerprint density at radius 2 is 2.00 bits per heavy atom. The molecule has 0 amide bonds. The molecule has 17 heavy (non-hydrogen) atoms. The van der Waals surface area contributed by atoms with E-state index in [9.17, 15) is 0 Å². The maximum atomic E-state index is 4.83. The second-order valence-electron chi connectivity index (χ2n) is 4.72. The third kappa shape index (κ3) is 2.31. The van der Waals surface area contributed by atoms with Crippen molar-refractivity contribution in [2.75, 3.05) is 0 Å². The topological polar surface area (TPSA) is 12.4 Å². The predicted octanol–water partition coefficient (Wildman–Crippen LogP) is 4.16. The summed E-state index contributed by atoms with van der Waals surface area (Å²) in [7, 11) is 0. The fourth-order valence-electron chi connectivity index (χ4n) is 1.84. The minimum absolute atomic E-state index is 0.180. The van der Waals surface area contributed by atoms with Gasteiger partial charge in [0.05, 0.1) is 14.7 Å². The average Bonchev–Trinajstić information content (AvgIpc) is 2.52. The van der Waals surface area contributed by atoms with Crippen LogP contribution in [-0.4, -0.2) is 14.7 Å². The monoisotopic (exact) mass is 263 g/mol. The van der Waals surface area contributed by atoms with Gasteiger partial charge < -0.3 is 0 Å². The van der Waals surface area contributed by atoms with E-state index in [1.807, 2.05) is 24.3 Å². The molecule has 2 rings (SSSR count). The van der Waals surface area contributed by atoms with Crippen LogP contribution >= 0.6 is 24.4 Å². The van der Waals surface area contributed by atoms with Crippen molar-refractivity contribution < 1.29 is 0 Å². The summed E-state index contributed by atoms with van der Waals surface area (Å²) >= 11 is 6.57. The van der Waals surface area contributed by atoms with Gasteiger partial charge in [0.15, 0.2) is 0 Å². The number of nitrogens with zero attached hydrogens (tertiary/aromatic N) is 1. The van der Waals surface area contributed by atoms with Gasteiger partial charge in [-0.05, 0) is 20.3 Å². The highest BCUT2D eigenvalue weighted by Gasteiger charge is 2.48. The molecule has 1 unspecified atom stereocenters. The van der Waals surface area contributed by atoms with Crippen LogP contribution in [0.1, 0.15) is 25.8 Å². The van der Waals surface area contributed by atoms with Gasteiger partial charge in [0.1, 0.15) is 0 Å². The number of rotatable bonds is 3. The molecule has 0 aromatic heterocycles. The van der Waals surface area contributed by atoms with Crippen LogP contribution in [0, 0.1) is 0 Å². The summed E-state index contributed by atoms with van der Waals surface area (Å²) < 4.78 is -0.195. The lowest BCUT2D eigenvalue weighted by molar-refractivity contribution is 0.482. The van der Waals surface area contributed by atoms with E-state index in [0.29, 0.717) is 0 Å². The molecule has 0 bridgehead atoms. The zero-order valence-electron chi connectivity index (χ0n) is 10.2. The summed E-state index contributed by atoms with van der Waals surface area (Å²) in [6, 6.07) is 10.3. The minimum Gasteiger partial charge on any atom is -0.269 e. The van der Waals surface area contributed by atoms with Gasteiger partial charge in [0.25, 0.3) is 0 Å². The first kappa shape index (κ1) is 12.8. The quantitative estimate of drug-likeness (QED) is 0.638. The Bertz CT molecular complexity index is 451. The van der Waals surface area contributed by atoms with E-state index >= 15 is 0 Å². The Kier molecular flexibility index (Phi) is 3.41. The molecule has 0 fully saturated rings. The van der Waals surface area contributed by atoms with Gasteiger partial charge in [-0.3, -0.25) is 4.99 Å². The second-order valence-corrected chi connectivity index (χ2v) is 7.07. The zero-order chi connectivity index (χ0) is 12.5. The van der Waals surface area contributed by atoms with E-state index in [2.05, 4.69) is 32.6 Å². The lowest BCUT2D eigenvalue weighted by Crippen LogP contribution is -2.37. The summed E-state index contributed by atoms with van der Waals surface area (Å²) in [5.74, 6) is 0. The van der Waals surface area contributed by atoms with Gasteiger partial charge in [-0.2, -0.15) is 12.6 Å². The number of thioether (sulfide) groups is 1. The molecule has 0 radical (unpaired) electrons. The average molecular weight is 263 g/mol. The van der Waals surface area contributed by atoms with Crippen LogP contribution in [0.2, 0.25) is 0 Å². The lowest BCUT2D eigenvalue weighted by Gasteiger charge is -2.33. The first-order chi connectivity index (χ1) is 7.98. The lowest BCUT2D eigenvalue weighted by atomic mass is 9.98. The Morgan fingerprint density at radius 1 is 1.35 bits per heavy atom. The van der Waals surface area contributed by atoms with Crippen LogP contribution in [0.5, 0.6) is 0 Å². The Morgan fingerprint density at radius 3 is 2.59 bits per heavy atom. The van der Waals surface area contributed by atoms with Crippen molar-refractivity contribution in [3.63, 3.8) is 0 Å². The van der Waals surface area contributed by atoms with Crippen LogP contribution in [0.3, 0.4) is 0 Å². The van der Waals surface area contributed by atoms with Gasteiger partial charge in [0, 0.05) is 5.56 Å². The smallest absolute Gasteiger partial charge is 0.0998 e. The van der Waals surface area contributed by atoms with Crippen LogP contribution in [-0.2, 0) is 0 Å². The van der Waals surface area contributed by atoms with Gasteiger partial charge in [-0.1, -0.05) is 48.2 Å². The SMILES string of the molecule is C=CCC1(S)SC(c2ccccc2)=NC1(C)C. The number of aliphatic imine (C=N–C) groups is 1. The van der Waals surface area contributed by atoms with E-state index in [1.165, 1.54) is 5.56 Å². The Hall–Kier alpha value is -0.670. The molecule has 0 aliphatic carbocycles. The van der Waals surface area contributed by atoms with Gasteiger partial charge in [-0.25, -0.2) is 0 Å². The van der Waals surface area contributed by atoms with Crippen molar-refractivity contribution in [2.24, 2.45) is 4.99 Å². The largest absolute Gasteiger partial charge is 0.269 e. The highest BCUT2D eigenvalue weighted by atomic mass is 32.2. The molecule has 0 N–H and O–H groups in total. The number of hydrogen-bond acceptors (Lipinski definition) is 3. The maximum absolute atomic E-state index is 4.83. The standard InChI is InChI=1S/C14H17NS2/c1-4-10-14(16)13(2,3)15-12(17-14)11-8-6-5-7-9-11/h4-9,16H,1,10H2,2-3H3. The maximum Gasteiger partial charge on any atom is 0.0998 e. The molecule has 1 heterocycles. The number of benzene rings is 1. The molecule has 1 atom stereocenters. The molecule has 1 aromatic rings. The number of hydrogen-bond donors (Lipinski definition) is 1. The van der Waals surface area contributed by atoms with Crippen LogP contribution in [0.15, 0.2) is 48.0 Å². The van der Waals surface area contributed by atoms with E-state index in [-0.39, 0.29) is 9.62 Å². The third-order valence-electron chi connectivity index (χ3n) is 3.04. The highest BCUT2D eigenvalue weighted by Crippen LogP contribution is 2.51. The first-order valence-corrected chi connectivity index (χ1v) is 6.92. The Labute approximate surface area is 113 Å². The van der Waals surface area contributed by atoms with Crippen molar-refractivity contribution in [3.8, 4) is 0 Å². The normalized spacial score (nSPS) is 26.6. The molecule has 1 aromatic carbocycles. The summed E-state index contributed by atoms with van der Waals surface area (Å²) in [5.41, 5.74) is 0.991. The van der Waals surface area contributed by atoms with Gasteiger partial charge in [0.2, 0.25) is 0 Å². The molecule has 0 spiro atoms. The molecule has 1 nitrogen and oxygen atoms in total. The predicted molar refractivity (Wildman–Crippen MR) is 81.2 cm³/mol. The molecule has 0 saturated heterocycles. The minimum atomic E-state index is -0.195. The van der Waals surface area contributed by atoms with Gasteiger partial charge >= 0.3 is 0 Å². The van der Waals surface area contributed by atoms with Crippen molar-refractivity contribution >= 4 is 29.4 Å². The molecular formula is C14H17NS2. The fourth-order valence-corrected chi connectivity index (χ4v) is 3.62. The summed E-state index contributed by atoms with van der Waals surface area (Å²) in [6.45, 7) is 8.08. The number of thiol groups is 1. The fraction of sp³-hybridized carbons (Fsp3) is 0.357. The first-order valence-electron chi connectivity index (χ1n) is 5.66. The summed E-state index contributed by atoms with van der Waals surface area (Å²) in [6.07, 6.45) is 2.76. The molecule has 3 heteroatoms. The highest BCUT2D eigenvalue weighted by molar-refractivity contribution is 8.23. The van der Waals surface area contributed by atoms with E-state index < -0.39 is 0 Å². The molecule has 90 valence electrons. The van der Waals surface area contributed by atoms with Crippen molar-refractivity contribution in [1.82, 2.24) is 0 Å². The summed E-state index contributed by atoms with van der Waals surface area (Å²) in [5, 5.41) is 1.08. The number of allylic oxidation sites excluding steroid dienone is 1. The van der Waals surface area contributed by atoms with Crippen molar-refractivity contribution in [2.45, 2.75) is 29.9 Å². The van der Waals surface area contributed by atoms with Crippen LogP contribution in [0.4, 0.5) is 0 Å². The zero-order valence-corrected chi connectivity index (χ0v) is 11.9. The summed E-state index contributed by atoms with van der Waals surface area (Å²) in [4.78, 5) is 4.82. The van der Waals surface area contributed by atoms with E-state index in [4.69, 9.17) is 17.6 Å². The van der Waals surface area contributed by atoms with Gasteiger partial charge in [-0.15, -0.1) is 6.58 Å². The van der Waals surface area contributed by atoms with Crippen molar-refractivity contribution in [3.05, 3.63) is 48.6 Å². The van der Waals surface area contributed by atoms with E-state index in [0.717, 1.165) is 11.5 Å². The molecular weight excluding hydrogens is 246 g/mol. The molecule has 1 aliphatic heterocycles. The van der Waals surface area contributed by atoms with Crippen molar-refractivity contribution in [1.29, 1.82) is 0 Å². The van der Waals surface area contributed by atoms with Crippen LogP contribution < -0.4 is 0 Å². The second kappa shape index (κ2) is 4.54. The van der Waals surface area contributed by atoms with E-state index in [1.54, 1.807) is 11.8 Å². The Balaban J connectivity index is 2.33. The molecule has 1 aliphatic rings. The third-order valence-corrected chi connectivity index (χ3v) is 5.57. The molecule has 0 saturated carbocycles.